The quantitative estimate of drug-likeness (QED) is 0.661. The molecule has 0 atom stereocenters. The van der Waals surface area contributed by atoms with Gasteiger partial charge in [-0.15, -0.1) is 0 Å². The Hall–Kier alpha value is -2.64. The van der Waals surface area contributed by atoms with Gasteiger partial charge in [-0.25, -0.2) is 0 Å². The second-order valence-electron chi connectivity index (χ2n) is 8.96. The third-order valence-electron chi connectivity index (χ3n) is 6.43. The first-order valence-corrected chi connectivity index (χ1v) is 11.6. The van der Waals surface area contributed by atoms with Crippen molar-refractivity contribution in [1.29, 1.82) is 0 Å². The number of piperazine rings is 1. The molecule has 32 heavy (non-hydrogen) atoms. The van der Waals surface area contributed by atoms with E-state index in [-0.39, 0.29) is 23.7 Å². The van der Waals surface area contributed by atoms with Gasteiger partial charge >= 0.3 is 0 Å². The van der Waals surface area contributed by atoms with Crippen LogP contribution in [0.4, 0.5) is 0 Å². The van der Waals surface area contributed by atoms with Crippen LogP contribution in [0.25, 0.3) is 0 Å². The number of likely N-dealkylation sites (tertiary alicyclic amines) is 1. The van der Waals surface area contributed by atoms with Crippen LogP contribution in [0.1, 0.15) is 31.1 Å². The molecule has 0 unspecified atom stereocenters. The highest BCUT2D eigenvalue weighted by atomic mass is 16.5. The fourth-order valence-corrected chi connectivity index (χ4v) is 4.28. The van der Waals surface area contributed by atoms with E-state index in [4.69, 9.17) is 9.15 Å². The Morgan fingerprint density at radius 3 is 2.31 bits per heavy atom. The van der Waals surface area contributed by atoms with Gasteiger partial charge in [0.15, 0.2) is 6.61 Å². The van der Waals surface area contributed by atoms with Crippen molar-refractivity contribution in [3.8, 4) is 5.75 Å². The lowest BCUT2D eigenvalue weighted by Crippen LogP contribution is -2.45. The molecule has 2 saturated heterocycles. The summed E-state index contributed by atoms with van der Waals surface area (Å²) in [7, 11) is 0. The van der Waals surface area contributed by atoms with E-state index in [1.54, 1.807) is 0 Å². The summed E-state index contributed by atoms with van der Waals surface area (Å²) < 4.78 is 11.1. The molecule has 3 heterocycles. The van der Waals surface area contributed by atoms with Crippen molar-refractivity contribution in [3.05, 3.63) is 64.2 Å². The number of hydrogen-bond acceptors (Lipinski definition) is 6. The molecule has 4 rings (SSSR count). The number of hydrogen-bond donors (Lipinski definition) is 0. The maximum Gasteiger partial charge on any atom is 0.260 e. The molecule has 0 bridgehead atoms. The van der Waals surface area contributed by atoms with E-state index in [0.29, 0.717) is 18.2 Å². The van der Waals surface area contributed by atoms with Crippen molar-refractivity contribution in [2.75, 3.05) is 45.9 Å². The summed E-state index contributed by atoms with van der Waals surface area (Å²) in [6.45, 7) is 8.98. The van der Waals surface area contributed by atoms with E-state index in [9.17, 15) is 9.59 Å². The highest BCUT2D eigenvalue weighted by Crippen LogP contribution is 2.16. The lowest BCUT2D eigenvalue weighted by Gasteiger charge is -2.34. The summed E-state index contributed by atoms with van der Waals surface area (Å²) in [6, 6.07) is 12.0. The maximum atomic E-state index is 12.4. The van der Waals surface area contributed by atoms with Crippen molar-refractivity contribution < 1.29 is 13.9 Å². The Balaban J connectivity index is 1.22. The van der Waals surface area contributed by atoms with Crippen molar-refractivity contribution in [2.45, 2.75) is 32.9 Å². The molecule has 0 spiro atoms. The van der Waals surface area contributed by atoms with Crippen LogP contribution in [0.15, 0.2) is 51.9 Å². The molecule has 2 aliphatic heterocycles. The van der Waals surface area contributed by atoms with Crippen molar-refractivity contribution in [1.82, 2.24) is 14.7 Å². The molecular formula is C25H33N3O4. The first-order chi connectivity index (χ1) is 15.6. The van der Waals surface area contributed by atoms with Crippen LogP contribution < -0.4 is 10.2 Å². The van der Waals surface area contributed by atoms with Crippen LogP contribution >= 0.6 is 0 Å². The minimum absolute atomic E-state index is 0.0752. The molecule has 1 amide bonds. The largest absolute Gasteiger partial charge is 0.477 e. The normalized spacial score (nSPS) is 18.6. The predicted octanol–water partition coefficient (Wildman–Crippen LogP) is 2.59. The van der Waals surface area contributed by atoms with E-state index < -0.39 is 0 Å². The van der Waals surface area contributed by atoms with E-state index in [1.165, 1.54) is 17.9 Å². The predicted molar refractivity (Wildman–Crippen MR) is 122 cm³/mol. The van der Waals surface area contributed by atoms with Crippen LogP contribution in [-0.2, 0) is 17.9 Å². The van der Waals surface area contributed by atoms with Crippen LogP contribution in [0.5, 0.6) is 5.75 Å². The number of nitrogens with zero attached hydrogens (tertiary/aromatic N) is 3. The van der Waals surface area contributed by atoms with Crippen LogP contribution in [0.3, 0.4) is 0 Å². The van der Waals surface area contributed by atoms with Gasteiger partial charge in [-0.05, 0) is 24.3 Å². The third-order valence-corrected chi connectivity index (χ3v) is 6.43. The molecule has 7 nitrogen and oxygen atoms in total. The van der Waals surface area contributed by atoms with E-state index in [2.05, 4.69) is 41.0 Å². The Labute approximate surface area is 189 Å². The number of carbonyl (C=O) groups is 1. The van der Waals surface area contributed by atoms with Crippen molar-refractivity contribution >= 4 is 5.91 Å². The lowest BCUT2D eigenvalue weighted by atomic mass is 9.99. The van der Waals surface area contributed by atoms with Gasteiger partial charge in [0.1, 0.15) is 12.0 Å². The van der Waals surface area contributed by atoms with Crippen molar-refractivity contribution in [3.63, 3.8) is 0 Å². The van der Waals surface area contributed by atoms with Crippen LogP contribution in [0, 0.1) is 5.92 Å². The highest BCUT2D eigenvalue weighted by Gasteiger charge is 2.21. The molecule has 2 aliphatic rings. The van der Waals surface area contributed by atoms with E-state index >= 15 is 0 Å². The van der Waals surface area contributed by atoms with Gasteiger partial charge in [-0.1, -0.05) is 37.3 Å². The molecule has 2 fully saturated rings. The Bertz CT molecular complexity index is 930. The molecule has 7 heteroatoms. The third kappa shape index (κ3) is 6.20. The topological polar surface area (TPSA) is 66.2 Å². The Morgan fingerprint density at radius 2 is 1.66 bits per heavy atom. The average molecular weight is 440 g/mol. The first-order valence-electron chi connectivity index (χ1n) is 11.6. The monoisotopic (exact) mass is 439 g/mol. The van der Waals surface area contributed by atoms with Gasteiger partial charge in [0.2, 0.25) is 11.2 Å². The standard InChI is InChI=1S/C25H33N3O4/c1-20-7-9-28(10-8-20)25(30)19-32-24-18-31-22(15-23(24)29)17-27-13-11-26(12-14-27)16-21-5-3-2-4-6-21/h2-6,15,18,20H,7-14,16-17,19H2,1H3. The number of benzene rings is 1. The smallest absolute Gasteiger partial charge is 0.260 e. The fraction of sp³-hybridized carbons (Fsp3) is 0.520. The number of amides is 1. The van der Waals surface area contributed by atoms with E-state index in [1.807, 2.05) is 11.0 Å². The number of piperidine rings is 1. The summed E-state index contributed by atoms with van der Waals surface area (Å²) >= 11 is 0. The molecule has 0 radical (unpaired) electrons. The number of carbonyl (C=O) groups excluding carboxylic acids is 1. The van der Waals surface area contributed by atoms with Gasteiger partial charge in [-0.3, -0.25) is 19.4 Å². The SMILES string of the molecule is CC1CCN(C(=O)COc2coc(CN3CCN(Cc4ccccc4)CC3)cc2=O)CC1. The zero-order valence-corrected chi connectivity index (χ0v) is 18.9. The zero-order valence-electron chi connectivity index (χ0n) is 18.9. The van der Waals surface area contributed by atoms with Gasteiger partial charge < -0.3 is 14.1 Å². The molecule has 0 aliphatic carbocycles. The Kier molecular flexibility index (Phi) is 7.60. The minimum Gasteiger partial charge on any atom is -0.477 e. The highest BCUT2D eigenvalue weighted by molar-refractivity contribution is 5.77. The lowest BCUT2D eigenvalue weighted by molar-refractivity contribution is -0.134. The number of ether oxygens (including phenoxy) is 1. The molecule has 0 N–H and O–H groups in total. The molecule has 1 aromatic carbocycles. The molecule has 0 saturated carbocycles. The summed E-state index contributed by atoms with van der Waals surface area (Å²) in [5, 5.41) is 0. The van der Waals surface area contributed by atoms with Gasteiger partial charge in [0.25, 0.3) is 5.91 Å². The molecule has 1 aromatic heterocycles. The maximum absolute atomic E-state index is 12.4. The Morgan fingerprint density at radius 1 is 1.00 bits per heavy atom. The second kappa shape index (κ2) is 10.8. The van der Waals surface area contributed by atoms with Crippen molar-refractivity contribution in [2.24, 2.45) is 5.92 Å². The molecule has 172 valence electrons. The zero-order chi connectivity index (χ0) is 22.3. The van der Waals surface area contributed by atoms with E-state index in [0.717, 1.165) is 58.7 Å². The van der Waals surface area contributed by atoms with Crippen LogP contribution in [-0.4, -0.2) is 66.5 Å². The molecular weight excluding hydrogens is 406 g/mol. The summed E-state index contributed by atoms with van der Waals surface area (Å²) in [4.78, 5) is 31.3. The summed E-state index contributed by atoms with van der Waals surface area (Å²) in [5.41, 5.74) is 1.09. The minimum atomic E-state index is -0.242. The van der Waals surface area contributed by atoms with Gasteiger partial charge in [0, 0.05) is 51.9 Å². The number of rotatable bonds is 7. The molecule has 2 aromatic rings. The summed E-state index contributed by atoms with van der Waals surface area (Å²) in [5.74, 6) is 1.30. The second-order valence-corrected chi connectivity index (χ2v) is 8.96. The summed E-state index contributed by atoms with van der Waals surface area (Å²) in [6.07, 6.45) is 3.38. The van der Waals surface area contributed by atoms with Crippen LogP contribution in [0.2, 0.25) is 0 Å². The van der Waals surface area contributed by atoms with Gasteiger partial charge in [0.05, 0.1) is 6.54 Å². The first kappa shape index (κ1) is 22.6. The fourth-order valence-electron chi connectivity index (χ4n) is 4.28. The average Bonchev–Trinajstić information content (AvgIpc) is 2.81. The van der Waals surface area contributed by atoms with Gasteiger partial charge in [-0.2, -0.15) is 0 Å².